The molecule has 0 heterocycles. The van der Waals surface area contributed by atoms with Crippen LogP contribution in [0, 0.1) is 0 Å². The first-order valence-electron chi connectivity index (χ1n) is 6.08. The molecule has 1 N–H and O–H groups in total. The standard InChI is InChI=1S/C14H17Cl2N/c15-13-6-5-12(14(16)9-13)10-17-8-7-11-3-1-2-4-11/h3,5-6,9,17H,1-2,4,7-8,10H2. The summed E-state index contributed by atoms with van der Waals surface area (Å²) in [5.41, 5.74) is 2.70. The zero-order chi connectivity index (χ0) is 12.1. The number of nitrogens with one attached hydrogen (secondary N) is 1. The van der Waals surface area contributed by atoms with Crippen LogP contribution in [0.5, 0.6) is 0 Å². The van der Waals surface area contributed by atoms with Crippen LogP contribution in [0.2, 0.25) is 10.0 Å². The number of rotatable bonds is 5. The summed E-state index contributed by atoms with van der Waals surface area (Å²) in [6.45, 7) is 1.83. The van der Waals surface area contributed by atoms with Crippen molar-refractivity contribution in [3.63, 3.8) is 0 Å². The van der Waals surface area contributed by atoms with E-state index in [1.807, 2.05) is 12.1 Å². The van der Waals surface area contributed by atoms with E-state index in [-0.39, 0.29) is 0 Å². The Bertz CT molecular complexity index is 413. The summed E-state index contributed by atoms with van der Waals surface area (Å²) >= 11 is 12.0. The molecule has 17 heavy (non-hydrogen) atoms. The van der Waals surface area contributed by atoms with Crippen molar-refractivity contribution in [3.05, 3.63) is 45.5 Å². The number of hydrogen-bond donors (Lipinski definition) is 1. The van der Waals surface area contributed by atoms with Crippen LogP contribution < -0.4 is 5.32 Å². The molecular weight excluding hydrogens is 253 g/mol. The van der Waals surface area contributed by atoms with E-state index in [2.05, 4.69) is 11.4 Å². The SMILES string of the molecule is Clc1ccc(CNCCC2=CCCC2)c(Cl)c1. The van der Waals surface area contributed by atoms with Crippen molar-refractivity contribution in [3.8, 4) is 0 Å². The molecular formula is C14H17Cl2N. The highest BCUT2D eigenvalue weighted by Crippen LogP contribution is 2.21. The van der Waals surface area contributed by atoms with Gasteiger partial charge in [0.15, 0.2) is 0 Å². The minimum atomic E-state index is 0.690. The van der Waals surface area contributed by atoms with Gasteiger partial charge in [-0.3, -0.25) is 0 Å². The maximum atomic E-state index is 6.10. The van der Waals surface area contributed by atoms with Crippen LogP contribution in [0.25, 0.3) is 0 Å². The maximum Gasteiger partial charge on any atom is 0.0465 e. The van der Waals surface area contributed by atoms with E-state index < -0.39 is 0 Å². The first-order chi connectivity index (χ1) is 8.25. The molecule has 3 heteroatoms. The summed E-state index contributed by atoms with van der Waals surface area (Å²) < 4.78 is 0. The average Bonchev–Trinajstić information content (AvgIpc) is 2.79. The number of allylic oxidation sites excluding steroid dienone is 1. The van der Waals surface area contributed by atoms with Gasteiger partial charge in [0.2, 0.25) is 0 Å². The van der Waals surface area contributed by atoms with Gasteiger partial charge in [-0.05, 0) is 49.9 Å². The van der Waals surface area contributed by atoms with Crippen LogP contribution in [-0.4, -0.2) is 6.54 Å². The van der Waals surface area contributed by atoms with Crippen LogP contribution >= 0.6 is 23.2 Å². The van der Waals surface area contributed by atoms with E-state index >= 15 is 0 Å². The number of halogens is 2. The van der Waals surface area contributed by atoms with Crippen molar-refractivity contribution >= 4 is 23.2 Å². The second kappa shape index (κ2) is 6.44. The summed E-state index contributed by atoms with van der Waals surface area (Å²) in [5, 5.41) is 4.85. The van der Waals surface area contributed by atoms with Crippen LogP contribution in [0.4, 0.5) is 0 Å². The first kappa shape index (κ1) is 12.9. The van der Waals surface area contributed by atoms with Crippen LogP contribution in [0.1, 0.15) is 31.2 Å². The molecule has 92 valence electrons. The summed E-state index contributed by atoms with van der Waals surface area (Å²) in [5.74, 6) is 0. The molecule has 1 aliphatic carbocycles. The number of benzene rings is 1. The Hall–Kier alpha value is -0.500. The normalized spacial score (nSPS) is 15.1. The predicted molar refractivity (Wildman–Crippen MR) is 74.7 cm³/mol. The molecule has 1 aliphatic rings. The Kier molecular flexibility index (Phi) is 4.90. The van der Waals surface area contributed by atoms with E-state index in [9.17, 15) is 0 Å². The lowest BCUT2D eigenvalue weighted by Crippen LogP contribution is -2.15. The van der Waals surface area contributed by atoms with E-state index in [0.717, 1.165) is 30.1 Å². The molecule has 0 spiro atoms. The topological polar surface area (TPSA) is 12.0 Å². The van der Waals surface area contributed by atoms with Crippen molar-refractivity contribution in [2.75, 3.05) is 6.54 Å². The van der Waals surface area contributed by atoms with E-state index in [4.69, 9.17) is 23.2 Å². The quantitative estimate of drug-likeness (QED) is 0.609. The Morgan fingerprint density at radius 2 is 2.12 bits per heavy atom. The van der Waals surface area contributed by atoms with Gasteiger partial charge in [0, 0.05) is 16.6 Å². The molecule has 1 nitrogen and oxygen atoms in total. The molecule has 0 saturated carbocycles. The molecule has 0 saturated heterocycles. The molecule has 0 unspecified atom stereocenters. The average molecular weight is 270 g/mol. The van der Waals surface area contributed by atoms with Crippen molar-refractivity contribution < 1.29 is 0 Å². The third-order valence-electron chi connectivity index (χ3n) is 3.09. The van der Waals surface area contributed by atoms with Gasteiger partial charge in [-0.15, -0.1) is 0 Å². The van der Waals surface area contributed by atoms with Gasteiger partial charge in [-0.2, -0.15) is 0 Å². The van der Waals surface area contributed by atoms with Gasteiger partial charge >= 0.3 is 0 Å². The zero-order valence-electron chi connectivity index (χ0n) is 9.81. The minimum absolute atomic E-state index is 0.690. The fraction of sp³-hybridized carbons (Fsp3) is 0.429. The maximum absolute atomic E-state index is 6.10. The van der Waals surface area contributed by atoms with Gasteiger partial charge in [0.25, 0.3) is 0 Å². The van der Waals surface area contributed by atoms with Gasteiger partial charge in [-0.1, -0.05) is 40.9 Å². The molecule has 0 amide bonds. The number of hydrogen-bond acceptors (Lipinski definition) is 1. The lowest BCUT2D eigenvalue weighted by Gasteiger charge is -2.07. The van der Waals surface area contributed by atoms with Crippen LogP contribution in [-0.2, 0) is 6.54 Å². The molecule has 1 aromatic rings. The van der Waals surface area contributed by atoms with Crippen LogP contribution in [0.3, 0.4) is 0 Å². The summed E-state index contributed by atoms with van der Waals surface area (Å²) in [6, 6.07) is 5.65. The lowest BCUT2D eigenvalue weighted by atomic mass is 10.1. The van der Waals surface area contributed by atoms with E-state index in [1.54, 1.807) is 11.6 Å². The van der Waals surface area contributed by atoms with Crippen molar-refractivity contribution in [2.24, 2.45) is 0 Å². The highest BCUT2D eigenvalue weighted by Gasteiger charge is 2.04. The third kappa shape index (κ3) is 4.02. The fourth-order valence-electron chi connectivity index (χ4n) is 2.10. The molecule has 0 aromatic heterocycles. The van der Waals surface area contributed by atoms with Crippen molar-refractivity contribution in [1.29, 1.82) is 0 Å². The van der Waals surface area contributed by atoms with Crippen molar-refractivity contribution in [2.45, 2.75) is 32.2 Å². The minimum Gasteiger partial charge on any atom is -0.312 e. The molecule has 2 rings (SSSR count). The van der Waals surface area contributed by atoms with Gasteiger partial charge in [0.1, 0.15) is 0 Å². The predicted octanol–water partition coefficient (Wildman–Crippen LogP) is 4.58. The lowest BCUT2D eigenvalue weighted by molar-refractivity contribution is 0.676. The Morgan fingerprint density at radius 1 is 1.24 bits per heavy atom. The first-order valence-corrected chi connectivity index (χ1v) is 6.84. The molecule has 0 aliphatic heterocycles. The Morgan fingerprint density at radius 3 is 2.82 bits per heavy atom. The summed E-state index contributed by atoms with van der Waals surface area (Å²) in [6.07, 6.45) is 7.40. The second-order valence-electron chi connectivity index (χ2n) is 4.42. The molecule has 1 aromatic carbocycles. The highest BCUT2D eigenvalue weighted by molar-refractivity contribution is 6.35. The molecule has 0 radical (unpaired) electrons. The molecule has 0 bridgehead atoms. The Labute approximate surface area is 113 Å². The third-order valence-corrected chi connectivity index (χ3v) is 3.68. The van der Waals surface area contributed by atoms with Crippen molar-refractivity contribution in [1.82, 2.24) is 5.32 Å². The molecule has 0 fully saturated rings. The summed E-state index contributed by atoms with van der Waals surface area (Å²) in [7, 11) is 0. The van der Waals surface area contributed by atoms with Gasteiger partial charge < -0.3 is 5.32 Å². The highest BCUT2D eigenvalue weighted by atomic mass is 35.5. The van der Waals surface area contributed by atoms with E-state index in [1.165, 1.54) is 19.3 Å². The van der Waals surface area contributed by atoms with Gasteiger partial charge in [0.05, 0.1) is 0 Å². The summed E-state index contributed by atoms with van der Waals surface area (Å²) in [4.78, 5) is 0. The smallest absolute Gasteiger partial charge is 0.0465 e. The largest absolute Gasteiger partial charge is 0.312 e. The second-order valence-corrected chi connectivity index (χ2v) is 5.26. The van der Waals surface area contributed by atoms with Crippen LogP contribution in [0.15, 0.2) is 29.8 Å². The van der Waals surface area contributed by atoms with E-state index in [0.29, 0.717) is 5.02 Å². The zero-order valence-corrected chi connectivity index (χ0v) is 11.3. The Balaban J connectivity index is 1.74. The monoisotopic (exact) mass is 269 g/mol. The van der Waals surface area contributed by atoms with Gasteiger partial charge in [-0.25, -0.2) is 0 Å². The molecule has 0 atom stereocenters. The fourth-order valence-corrected chi connectivity index (χ4v) is 2.58.